The van der Waals surface area contributed by atoms with Crippen molar-refractivity contribution in [2.24, 2.45) is 5.73 Å². The Hall–Kier alpha value is -1.60. The van der Waals surface area contributed by atoms with Crippen molar-refractivity contribution < 1.29 is 14.7 Å². The number of hydrogen-bond acceptors (Lipinski definition) is 4. The first-order valence-corrected chi connectivity index (χ1v) is 5.52. The zero-order valence-electron chi connectivity index (χ0n) is 8.81. The zero-order chi connectivity index (χ0) is 13.0. The van der Waals surface area contributed by atoms with Gasteiger partial charge in [-0.25, -0.2) is 0 Å². The van der Waals surface area contributed by atoms with Crippen LogP contribution in [0.5, 0.6) is 0 Å². The molecule has 0 aliphatic heterocycles. The van der Waals surface area contributed by atoms with Crippen molar-refractivity contribution in [1.29, 1.82) is 0 Å². The molecule has 17 heavy (non-hydrogen) atoms. The summed E-state index contributed by atoms with van der Waals surface area (Å²) in [6, 6.07) is 4.82. The minimum Gasteiger partial charge on any atom is -0.398 e. The van der Waals surface area contributed by atoms with Crippen LogP contribution in [0.2, 0.25) is 0 Å². The molecule has 0 saturated carbocycles. The van der Waals surface area contributed by atoms with Gasteiger partial charge in [-0.3, -0.25) is 9.59 Å². The van der Waals surface area contributed by atoms with Crippen LogP contribution in [0.25, 0.3) is 0 Å². The summed E-state index contributed by atoms with van der Waals surface area (Å²) >= 11 is 3.18. The maximum absolute atomic E-state index is 11.7. The van der Waals surface area contributed by atoms with E-state index in [-0.39, 0.29) is 6.54 Å². The Bertz CT molecular complexity index is 450. The number of nitrogens with one attached hydrogen (secondary N) is 1. The molecule has 1 aromatic rings. The van der Waals surface area contributed by atoms with Gasteiger partial charge in [-0.05, 0) is 28.1 Å². The fourth-order valence-corrected chi connectivity index (χ4v) is 1.55. The van der Waals surface area contributed by atoms with Crippen molar-refractivity contribution in [3.05, 3.63) is 28.2 Å². The Morgan fingerprint density at radius 1 is 1.47 bits per heavy atom. The van der Waals surface area contributed by atoms with E-state index >= 15 is 0 Å². The SMILES string of the molecule is NC(=O)C(O)CNC(=O)c1cccc(N)c1Br. The smallest absolute Gasteiger partial charge is 0.252 e. The summed E-state index contributed by atoms with van der Waals surface area (Å²) in [6.07, 6.45) is -1.40. The van der Waals surface area contributed by atoms with Crippen LogP contribution < -0.4 is 16.8 Å². The number of amides is 2. The summed E-state index contributed by atoms with van der Waals surface area (Å²) in [6.45, 7) is -0.241. The van der Waals surface area contributed by atoms with Crippen LogP contribution in [0, 0.1) is 0 Å². The molecule has 92 valence electrons. The van der Waals surface area contributed by atoms with Gasteiger partial charge in [-0.2, -0.15) is 0 Å². The minimum atomic E-state index is -1.40. The molecule has 0 fully saturated rings. The number of benzene rings is 1. The van der Waals surface area contributed by atoms with Crippen LogP contribution in [0.15, 0.2) is 22.7 Å². The van der Waals surface area contributed by atoms with Crippen LogP contribution in [0.1, 0.15) is 10.4 Å². The van der Waals surface area contributed by atoms with E-state index in [0.717, 1.165) is 0 Å². The number of primary amides is 1. The third-order valence-corrected chi connectivity index (χ3v) is 2.94. The molecule has 1 rings (SSSR count). The number of aliphatic hydroxyl groups excluding tert-OH is 1. The van der Waals surface area contributed by atoms with E-state index in [1.807, 2.05) is 0 Å². The molecule has 6 N–H and O–H groups in total. The van der Waals surface area contributed by atoms with Crippen LogP contribution in [-0.2, 0) is 4.79 Å². The normalized spacial score (nSPS) is 11.9. The molecule has 1 atom stereocenters. The average molecular weight is 302 g/mol. The fourth-order valence-electron chi connectivity index (χ4n) is 1.11. The minimum absolute atomic E-state index is 0.241. The predicted octanol–water partition coefficient (Wildman–Crippen LogP) is -0.393. The number of rotatable bonds is 4. The summed E-state index contributed by atoms with van der Waals surface area (Å²) in [5.74, 6) is -1.35. The number of nitrogens with two attached hydrogens (primary N) is 2. The first-order valence-electron chi connectivity index (χ1n) is 4.73. The quantitative estimate of drug-likeness (QED) is 0.566. The molecule has 1 aromatic carbocycles. The molecule has 0 bridgehead atoms. The molecule has 0 radical (unpaired) electrons. The Kier molecular flexibility index (Phi) is 4.47. The largest absolute Gasteiger partial charge is 0.398 e. The van der Waals surface area contributed by atoms with Crippen LogP contribution in [0.4, 0.5) is 5.69 Å². The topological polar surface area (TPSA) is 118 Å². The highest BCUT2D eigenvalue weighted by Gasteiger charge is 2.15. The fraction of sp³-hybridized carbons (Fsp3) is 0.200. The van der Waals surface area contributed by atoms with Crippen molar-refractivity contribution in [2.75, 3.05) is 12.3 Å². The summed E-state index contributed by atoms with van der Waals surface area (Å²) in [7, 11) is 0. The lowest BCUT2D eigenvalue weighted by Crippen LogP contribution is -2.40. The molecule has 2 amide bonds. The summed E-state index contributed by atoms with van der Waals surface area (Å²) in [4.78, 5) is 22.2. The Labute approximate surface area is 106 Å². The highest BCUT2D eigenvalue weighted by Crippen LogP contribution is 2.23. The van der Waals surface area contributed by atoms with Crippen molar-refractivity contribution in [2.45, 2.75) is 6.10 Å². The molecular weight excluding hydrogens is 290 g/mol. The number of anilines is 1. The van der Waals surface area contributed by atoms with Crippen LogP contribution >= 0.6 is 15.9 Å². The van der Waals surface area contributed by atoms with E-state index in [4.69, 9.17) is 16.6 Å². The van der Waals surface area contributed by atoms with Gasteiger partial charge in [0.15, 0.2) is 0 Å². The molecular formula is C10H12BrN3O3. The second-order valence-electron chi connectivity index (χ2n) is 3.34. The molecule has 0 aromatic heterocycles. The summed E-state index contributed by atoms with van der Waals surface area (Å²) in [5, 5.41) is 11.5. The number of nitrogen functional groups attached to an aromatic ring is 1. The average Bonchev–Trinajstić information content (AvgIpc) is 2.29. The number of aliphatic hydroxyl groups is 1. The number of halogens is 1. The van der Waals surface area contributed by atoms with Gasteiger partial charge in [0.05, 0.1) is 16.6 Å². The van der Waals surface area contributed by atoms with Gasteiger partial charge in [0.25, 0.3) is 5.91 Å². The van der Waals surface area contributed by atoms with Crippen molar-refractivity contribution >= 4 is 33.4 Å². The zero-order valence-corrected chi connectivity index (χ0v) is 10.4. The van der Waals surface area contributed by atoms with Gasteiger partial charge in [0.2, 0.25) is 5.91 Å². The van der Waals surface area contributed by atoms with Crippen molar-refractivity contribution in [3.63, 3.8) is 0 Å². The van der Waals surface area contributed by atoms with E-state index in [0.29, 0.717) is 15.7 Å². The van der Waals surface area contributed by atoms with Gasteiger partial charge in [-0.15, -0.1) is 0 Å². The van der Waals surface area contributed by atoms with E-state index < -0.39 is 17.9 Å². The van der Waals surface area contributed by atoms with E-state index in [1.165, 1.54) is 0 Å². The van der Waals surface area contributed by atoms with Gasteiger partial charge in [-0.1, -0.05) is 6.07 Å². The highest BCUT2D eigenvalue weighted by molar-refractivity contribution is 9.10. The third kappa shape index (κ3) is 3.43. The molecule has 0 aliphatic carbocycles. The van der Waals surface area contributed by atoms with Crippen molar-refractivity contribution in [1.82, 2.24) is 5.32 Å². The predicted molar refractivity (Wildman–Crippen MR) is 66.1 cm³/mol. The van der Waals surface area contributed by atoms with Gasteiger partial charge in [0, 0.05) is 5.69 Å². The first kappa shape index (κ1) is 13.5. The maximum Gasteiger partial charge on any atom is 0.252 e. The number of carbonyl (C=O) groups excluding carboxylic acids is 2. The van der Waals surface area contributed by atoms with E-state index in [9.17, 15) is 9.59 Å². The summed E-state index contributed by atoms with van der Waals surface area (Å²) in [5.41, 5.74) is 11.2. The van der Waals surface area contributed by atoms with Gasteiger partial charge < -0.3 is 21.9 Å². The lowest BCUT2D eigenvalue weighted by atomic mass is 10.2. The molecule has 0 saturated heterocycles. The van der Waals surface area contributed by atoms with E-state index in [1.54, 1.807) is 18.2 Å². The third-order valence-electron chi connectivity index (χ3n) is 2.06. The highest BCUT2D eigenvalue weighted by atomic mass is 79.9. The van der Waals surface area contributed by atoms with Crippen molar-refractivity contribution in [3.8, 4) is 0 Å². The lowest BCUT2D eigenvalue weighted by molar-refractivity contribution is -0.125. The molecule has 7 heteroatoms. The molecule has 1 unspecified atom stereocenters. The second-order valence-corrected chi connectivity index (χ2v) is 4.13. The Balaban J connectivity index is 2.71. The standard InChI is InChI=1S/C10H12BrN3O3/c11-8-5(2-1-3-6(8)12)10(17)14-4-7(15)9(13)16/h1-3,7,15H,4,12H2,(H2,13,16)(H,14,17). The first-order chi connectivity index (χ1) is 7.93. The molecule has 6 nitrogen and oxygen atoms in total. The Morgan fingerprint density at radius 3 is 2.71 bits per heavy atom. The monoisotopic (exact) mass is 301 g/mol. The van der Waals surface area contributed by atoms with Gasteiger partial charge in [0.1, 0.15) is 6.10 Å². The number of carbonyl (C=O) groups is 2. The van der Waals surface area contributed by atoms with Gasteiger partial charge >= 0.3 is 0 Å². The Morgan fingerprint density at radius 2 is 2.12 bits per heavy atom. The maximum atomic E-state index is 11.7. The second kappa shape index (κ2) is 5.65. The van der Waals surface area contributed by atoms with E-state index in [2.05, 4.69) is 21.2 Å². The van der Waals surface area contributed by atoms with Crippen LogP contribution in [0.3, 0.4) is 0 Å². The molecule has 0 aliphatic rings. The van der Waals surface area contributed by atoms with Crippen LogP contribution in [-0.4, -0.2) is 29.6 Å². The molecule has 0 spiro atoms. The summed E-state index contributed by atoms with van der Waals surface area (Å²) < 4.78 is 0.464. The number of hydrogen-bond donors (Lipinski definition) is 4. The lowest BCUT2D eigenvalue weighted by Gasteiger charge is -2.10. The molecule has 0 heterocycles.